The maximum Gasteiger partial charge on any atom is -0.0391 e. The van der Waals surface area contributed by atoms with Crippen LogP contribution in [0.5, 0.6) is 0 Å². The third-order valence-corrected chi connectivity index (χ3v) is 4.61. The van der Waals surface area contributed by atoms with Crippen LogP contribution >= 0.6 is 0 Å². The van der Waals surface area contributed by atoms with Gasteiger partial charge < -0.3 is 0 Å². The average molecular weight is 269 g/mol. The molecule has 0 aromatic heterocycles. The van der Waals surface area contributed by atoms with Gasteiger partial charge in [-0.25, -0.2) is 0 Å². The molecule has 0 bridgehead atoms. The van der Waals surface area contributed by atoms with Gasteiger partial charge in [-0.2, -0.15) is 0 Å². The fourth-order valence-corrected chi connectivity index (χ4v) is 3.08. The second-order valence-electron chi connectivity index (χ2n) is 7.51. The number of hydrogen-bond acceptors (Lipinski definition) is 0. The van der Waals surface area contributed by atoms with Crippen LogP contribution in [0, 0.1) is 23.7 Å². The van der Waals surface area contributed by atoms with Gasteiger partial charge in [0, 0.05) is 0 Å². The average Bonchev–Trinajstić information content (AvgIpc) is 2.32. The second kappa shape index (κ2) is 11.8. The number of unbranched alkanes of at least 4 members (excludes halogenated alkanes) is 2. The quantitative estimate of drug-likeness (QED) is 0.332. The van der Waals surface area contributed by atoms with Gasteiger partial charge in [-0.1, -0.05) is 92.9 Å². The van der Waals surface area contributed by atoms with E-state index in [0.29, 0.717) is 0 Å². The summed E-state index contributed by atoms with van der Waals surface area (Å²) in [5.41, 5.74) is 0. The molecule has 0 radical (unpaired) electrons. The molecule has 0 N–H and O–H groups in total. The van der Waals surface area contributed by atoms with E-state index >= 15 is 0 Å². The Labute approximate surface area is 123 Å². The molecule has 0 rings (SSSR count). The van der Waals surface area contributed by atoms with Crippen LogP contribution in [0.15, 0.2) is 0 Å². The summed E-state index contributed by atoms with van der Waals surface area (Å²) in [7, 11) is 0. The molecule has 19 heavy (non-hydrogen) atoms. The van der Waals surface area contributed by atoms with Crippen molar-refractivity contribution in [2.24, 2.45) is 23.7 Å². The second-order valence-corrected chi connectivity index (χ2v) is 7.51. The molecule has 0 amide bonds. The molecule has 0 nitrogen and oxygen atoms in total. The topological polar surface area (TPSA) is 0 Å². The monoisotopic (exact) mass is 268 g/mol. The molecule has 0 aromatic rings. The van der Waals surface area contributed by atoms with E-state index in [4.69, 9.17) is 0 Å². The molecule has 0 aliphatic heterocycles. The molecule has 116 valence electrons. The van der Waals surface area contributed by atoms with E-state index in [1.807, 2.05) is 0 Å². The van der Waals surface area contributed by atoms with Crippen molar-refractivity contribution in [1.82, 2.24) is 0 Å². The van der Waals surface area contributed by atoms with E-state index in [-0.39, 0.29) is 0 Å². The third kappa shape index (κ3) is 11.5. The molecule has 0 aliphatic carbocycles. The fraction of sp³-hybridized carbons (Fsp3) is 1.00. The highest BCUT2D eigenvalue weighted by Crippen LogP contribution is 2.27. The Balaban J connectivity index is 3.74. The van der Waals surface area contributed by atoms with Crippen molar-refractivity contribution in [2.45, 2.75) is 99.3 Å². The van der Waals surface area contributed by atoms with E-state index in [0.717, 1.165) is 23.7 Å². The molecule has 0 saturated carbocycles. The van der Waals surface area contributed by atoms with Crippen LogP contribution in [0.3, 0.4) is 0 Å². The lowest BCUT2D eigenvalue weighted by atomic mass is 9.83. The minimum atomic E-state index is 0.874. The van der Waals surface area contributed by atoms with Gasteiger partial charge in [0.25, 0.3) is 0 Å². The Kier molecular flexibility index (Phi) is 11.8. The van der Waals surface area contributed by atoms with Crippen molar-refractivity contribution < 1.29 is 0 Å². The van der Waals surface area contributed by atoms with Crippen molar-refractivity contribution in [3.63, 3.8) is 0 Å². The molecule has 2 unspecified atom stereocenters. The predicted molar refractivity (Wildman–Crippen MR) is 89.6 cm³/mol. The van der Waals surface area contributed by atoms with Crippen molar-refractivity contribution in [3.8, 4) is 0 Å². The summed E-state index contributed by atoms with van der Waals surface area (Å²) in [5, 5.41) is 0. The lowest BCUT2D eigenvalue weighted by molar-refractivity contribution is 0.293. The van der Waals surface area contributed by atoms with Crippen LogP contribution in [0.1, 0.15) is 99.3 Å². The molecule has 0 saturated heterocycles. The molecule has 0 spiro atoms. The van der Waals surface area contributed by atoms with Crippen LogP contribution in [0.4, 0.5) is 0 Å². The maximum absolute atomic E-state index is 2.43. The molecule has 0 heteroatoms. The molecule has 0 fully saturated rings. The standard InChI is InChI=1S/C19H40/c1-7-11-18(6)14-15-19(17(4)5)13-10-8-9-12-16(2)3/h16-19H,7-15H2,1-6H3. The largest absolute Gasteiger partial charge is 0.0654 e. The van der Waals surface area contributed by atoms with Crippen molar-refractivity contribution in [3.05, 3.63) is 0 Å². The molecule has 0 aliphatic rings. The summed E-state index contributed by atoms with van der Waals surface area (Å²) >= 11 is 0. The molecule has 0 heterocycles. The Morgan fingerprint density at radius 2 is 1.26 bits per heavy atom. The van der Waals surface area contributed by atoms with E-state index in [2.05, 4.69) is 41.5 Å². The van der Waals surface area contributed by atoms with Crippen LogP contribution in [0.25, 0.3) is 0 Å². The first kappa shape index (κ1) is 19.0. The van der Waals surface area contributed by atoms with E-state index in [9.17, 15) is 0 Å². The van der Waals surface area contributed by atoms with Crippen molar-refractivity contribution in [1.29, 1.82) is 0 Å². The SMILES string of the molecule is CCCC(C)CCC(CCCCCC(C)C)C(C)C. The van der Waals surface area contributed by atoms with Crippen LogP contribution in [0.2, 0.25) is 0 Å². The highest BCUT2D eigenvalue weighted by Gasteiger charge is 2.14. The Hall–Kier alpha value is 0. The summed E-state index contributed by atoms with van der Waals surface area (Å²) in [6, 6.07) is 0. The predicted octanol–water partition coefficient (Wildman–Crippen LogP) is 7.08. The fourth-order valence-electron chi connectivity index (χ4n) is 3.08. The van der Waals surface area contributed by atoms with Gasteiger partial charge in [-0.15, -0.1) is 0 Å². The van der Waals surface area contributed by atoms with E-state index in [1.54, 1.807) is 0 Å². The van der Waals surface area contributed by atoms with Gasteiger partial charge in [0.15, 0.2) is 0 Å². The molecular formula is C19H40. The van der Waals surface area contributed by atoms with Gasteiger partial charge in [0.2, 0.25) is 0 Å². The van der Waals surface area contributed by atoms with E-state index < -0.39 is 0 Å². The lowest BCUT2D eigenvalue weighted by Crippen LogP contribution is -2.10. The summed E-state index contributed by atoms with van der Waals surface area (Å²) in [6.07, 6.45) is 12.9. The van der Waals surface area contributed by atoms with Gasteiger partial charge in [-0.05, 0) is 30.1 Å². The summed E-state index contributed by atoms with van der Waals surface area (Å²) in [5.74, 6) is 3.67. The first-order valence-electron chi connectivity index (χ1n) is 8.97. The zero-order valence-corrected chi connectivity index (χ0v) is 14.7. The minimum Gasteiger partial charge on any atom is -0.0654 e. The molecule has 2 atom stereocenters. The summed E-state index contributed by atoms with van der Waals surface area (Å²) < 4.78 is 0. The van der Waals surface area contributed by atoms with Crippen LogP contribution < -0.4 is 0 Å². The normalized spacial score (nSPS) is 15.2. The third-order valence-electron chi connectivity index (χ3n) is 4.61. The number of hydrogen-bond donors (Lipinski definition) is 0. The molecule has 0 aromatic carbocycles. The zero-order chi connectivity index (χ0) is 14.7. The van der Waals surface area contributed by atoms with Gasteiger partial charge in [0.1, 0.15) is 0 Å². The van der Waals surface area contributed by atoms with Gasteiger partial charge >= 0.3 is 0 Å². The Morgan fingerprint density at radius 1 is 0.632 bits per heavy atom. The Morgan fingerprint density at radius 3 is 1.79 bits per heavy atom. The van der Waals surface area contributed by atoms with Crippen molar-refractivity contribution in [2.75, 3.05) is 0 Å². The maximum atomic E-state index is 2.43. The first-order chi connectivity index (χ1) is 8.97. The van der Waals surface area contributed by atoms with Gasteiger partial charge in [-0.3, -0.25) is 0 Å². The Bertz CT molecular complexity index is 180. The lowest BCUT2D eigenvalue weighted by Gasteiger charge is -2.22. The molecular weight excluding hydrogens is 228 g/mol. The number of rotatable bonds is 12. The zero-order valence-electron chi connectivity index (χ0n) is 14.7. The highest BCUT2D eigenvalue weighted by atomic mass is 14.2. The summed E-state index contributed by atoms with van der Waals surface area (Å²) in [4.78, 5) is 0. The van der Waals surface area contributed by atoms with Crippen LogP contribution in [-0.2, 0) is 0 Å². The van der Waals surface area contributed by atoms with Crippen LogP contribution in [-0.4, -0.2) is 0 Å². The first-order valence-corrected chi connectivity index (χ1v) is 8.97. The smallest absolute Gasteiger partial charge is 0.0391 e. The highest BCUT2D eigenvalue weighted by molar-refractivity contribution is 4.66. The summed E-state index contributed by atoms with van der Waals surface area (Å²) in [6.45, 7) is 14.3. The van der Waals surface area contributed by atoms with E-state index in [1.165, 1.54) is 57.8 Å². The van der Waals surface area contributed by atoms with Crippen molar-refractivity contribution >= 4 is 0 Å². The van der Waals surface area contributed by atoms with Gasteiger partial charge in [0.05, 0.1) is 0 Å². The minimum absolute atomic E-state index is 0.874.